The molecular formula is C19H22N8O. The highest BCUT2D eigenvalue weighted by molar-refractivity contribution is 5.77. The number of nitrogens with one attached hydrogen (secondary N) is 1. The number of carbonyl (C=O) groups is 1. The lowest BCUT2D eigenvalue weighted by molar-refractivity contribution is -0.122. The summed E-state index contributed by atoms with van der Waals surface area (Å²) in [7, 11) is 0. The molecule has 0 aliphatic carbocycles. The molecule has 1 fully saturated rings. The molecule has 1 aromatic carbocycles. The fourth-order valence-corrected chi connectivity index (χ4v) is 3.30. The first kappa shape index (κ1) is 17.9. The fourth-order valence-electron chi connectivity index (χ4n) is 3.30. The molecule has 144 valence electrons. The second-order valence-electron chi connectivity index (χ2n) is 6.83. The van der Waals surface area contributed by atoms with Gasteiger partial charge in [0.15, 0.2) is 0 Å². The van der Waals surface area contributed by atoms with E-state index in [2.05, 4.69) is 30.3 Å². The second kappa shape index (κ2) is 7.63. The molecule has 4 rings (SSSR count). The number of anilines is 3. The first-order valence-corrected chi connectivity index (χ1v) is 9.21. The van der Waals surface area contributed by atoms with Crippen LogP contribution in [-0.2, 0) is 4.79 Å². The Bertz CT molecular complexity index is 968. The highest BCUT2D eigenvalue weighted by Crippen LogP contribution is 2.23. The minimum Gasteiger partial charge on any atom is -0.369 e. The number of aromatic nitrogens is 5. The third kappa shape index (κ3) is 3.93. The van der Waals surface area contributed by atoms with Gasteiger partial charge >= 0.3 is 0 Å². The predicted octanol–water partition coefficient (Wildman–Crippen LogP) is 1.81. The van der Waals surface area contributed by atoms with Crippen molar-refractivity contribution in [3.05, 3.63) is 48.7 Å². The Hall–Kier alpha value is -3.49. The van der Waals surface area contributed by atoms with Crippen molar-refractivity contribution in [2.75, 3.05) is 23.3 Å². The van der Waals surface area contributed by atoms with Gasteiger partial charge < -0.3 is 16.0 Å². The third-order valence-electron chi connectivity index (χ3n) is 4.78. The number of rotatable bonds is 5. The zero-order chi connectivity index (χ0) is 19.5. The van der Waals surface area contributed by atoms with Crippen LogP contribution in [0.3, 0.4) is 0 Å². The first-order chi connectivity index (χ1) is 13.6. The van der Waals surface area contributed by atoms with Crippen LogP contribution in [0.5, 0.6) is 0 Å². The standard InChI is InChI=1S/C19H22N8O/c1-13-22-12-27(25-13)16-6-4-15(5-7-16)23-19-21-9-8-17(24-19)26-10-2-3-14(11-26)18(20)28/h4-9,12,14H,2-3,10-11H2,1H3,(H2,20,28)(H,21,23,24). The summed E-state index contributed by atoms with van der Waals surface area (Å²) in [6, 6.07) is 9.62. The number of primary amides is 1. The Morgan fingerprint density at radius 3 is 2.75 bits per heavy atom. The zero-order valence-corrected chi connectivity index (χ0v) is 15.6. The lowest BCUT2D eigenvalue weighted by Crippen LogP contribution is -2.41. The second-order valence-corrected chi connectivity index (χ2v) is 6.83. The number of amides is 1. The Kier molecular flexibility index (Phi) is 4.88. The van der Waals surface area contributed by atoms with Crippen molar-refractivity contribution >= 4 is 23.4 Å². The summed E-state index contributed by atoms with van der Waals surface area (Å²) in [5.74, 6) is 1.64. The van der Waals surface area contributed by atoms with E-state index in [1.165, 1.54) is 0 Å². The van der Waals surface area contributed by atoms with Crippen molar-refractivity contribution in [2.24, 2.45) is 11.7 Å². The van der Waals surface area contributed by atoms with Crippen LogP contribution in [0, 0.1) is 12.8 Å². The SMILES string of the molecule is Cc1ncn(-c2ccc(Nc3nccc(N4CCCC(C(N)=O)C4)n3)cc2)n1. The molecule has 1 amide bonds. The smallest absolute Gasteiger partial charge is 0.229 e. The molecule has 0 saturated carbocycles. The molecule has 9 nitrogen and oxygen atoms in total. The Balaban J connectivity index is 1.47. The summed E-state index contributed by atoms with van der Waals surface area (Å²) in [6.45, 7) is 3.30. The number of hydrogen-bond acceptors (Lipinski definition) is 7. The van der Waals surface area contributed by atoms with Gasteiger partial charge in [-0.1, -0.05) is 0 Å². The maximum atomic E-state index is 11.5. The van der Waals surface area contributed by atoms with Crippen LogP contribution in [0.15, 0.2) is 42.9 Å². The van der Waals surface area contributed by atoms with Crippen LogP contribution in [0.1, 0.15) is 18.7 Å². The van der Waals surface area contributed by atoms with E-state index in [1.54, 1.807) is 17.2 Å². The number of carbonyl (C=O) groups excluding carboxylic acids is 1. The molecule has 0 bridgehead atoms. The molecule has 1 aliphatic heterocycles. The average molecular weight is 378 g/mol. The number of nitrogens with two attached hydrogens (primary N) is 1. The van der Waals surface area contributed by atoms with Crippen LogP contribution in [-0.4, -0.2) is 43.7 Å². The molecule has 1 atom stereocenters. The van der Waals surface area contributed by atoms with Gasteiger partial charge in [0.05, 0.1) is 11.6 Å². The Labute approximate surface area is 162 Å². The van der Waals surface area contributed by atoms with E-state index in [9.17, 15) is 4.79 Å². The molecule has 3 heterocycles. The summed E-state index contributed by atoms with van der Waals surface area (Å²) in [4.78, 5) is 26.6. The van der Waals surface area contributed by atoms with Crippen molar-refractivity contribution in [3.8, 4) is 5.69 Å². The normalized spacial score (nSPS) is 16.8. The monoisotopic (exact) mass is 378 g/mol. The van der Waals surface area contributed by atoms with Gasteiger partial charge in [0.25, 0.3) is 0 Å². The molecule has 28 heavy (non-hydrogen) atoms. The van der Waals surface area contributed by atoms with E-state index in [0.29, 0.717) is 12.5 Å². The molecule has 3 aromatic rings. The van der Waals surface area contributed by atoms with Crippen molar-refractivity contribution in [3.63, 3.8) is 0 Å². The van der Waals surface area contributed by atoms with E-state index in [1.807, 2.05) is 37.3 Å². The van der Waals surface area contributed by atoms with Gasteiger partial charge in [0.1, 0.15) is 18.0 Å². The van der Waals surface area contributed by atoms with Gasteiger partial charge in [-0.3, -0.25) is 4.79 Å². The number of hydrogen-bond donors (Lipinski definition) is 2. The van der Waals surface area contributed by atoms with Gasteiger partial charge in [0, 0.05) is 25.0 Å². The molecule has 0 radical (unpaired) electrons. The predicted molar refractivity (Wildman–Crippen MR) is 106 cm³/mol. The number of aryl methyl sites for hydroxylation is 1. The summed E-state index contributed by atoms with van der Waals surface area (Å²) in [5.41, 5.74) is 7.26. The van der Waals surface area contributed by atoms with Crippen molar-refractivity contribution < 1.29 is 4.79 Å². The quantitative estimate of drug-likeness (QED) is 0.696. The maximum absolute atomic E-state index is 11.5. The number of benzene rings is 1. The lowest BCUT2D eigenvalue weighted by atomic mass is 9.97. The van der Waals surface area contributed by atoms with Crippen molar-refractivity contribution in [1.29, 1.82) is 0 Å². The largest absolute Gasteiger partial charge is 0.369 e. The zero-order valence-electron chi connectivity index (χ0n) is 15.6. The minimum absolute atomic E-state index is 0.131. The van der Waals surface area contributed by atoms with Crippen LogP contribution in [0.25, 0.3) is 5.69 Å². The molecule has 1 unspecified atom stereocenters. The van der Waals surface area contributed by atoms with E-state index < -0.39 is 0 Å². The Morgan fingerprint density at radius 2 is 2.04 bits per heavy atom. The van der Waals surface area contributed by atoms with E-state index in [4.69, 9.17) is 5.73 Å². The molecular weight excluding hydrogens is 356 g/mol. The van der Waals surface area contributed by atoms with Crippen LogP contribution >= 0.6 is 0 Å². The molecule has 1 aliphatic rings. The fraction of sp³-hybridized carbons (Fsp3) is 0.316. The van der Waals surface area contributed by atoms with Crippen LogP contribution in [0.4, 0.5) is 17.5 Å². The molecule has 9 heteroatoms. The average Bonchev–Trinajstić information content (AvgIpc) is 3.15. The Morgan fingerprint density at radius 1 is 1.21 bits per heavy atom. The van der Waals surface area contributed by atoms with Gasteiger partial charge in [-0.15, -0.1) is 0 Å². The highest BCUT2D eigenvalue weighted by Gasteiger charge is 2.24. The lowest BCUT2D eigenvalue weighted by Gasteiger charge is -2.32. The van der Waals surface area contributed by atoms with Gasteiger partial charge in [-0.05, 0) is 50.1 Å². The number of piperidine rings is 1. The topological polar surface area (TPSA) is 115 Å². The summed E-state index contributed by atoms with van der Waals surface area (Å²) in [5, 5.41) is 7.51. The molecule has 2 aromatic heterocycles. The van der Waals surface area contributed by atoms with Crippen LogP contribution in [0.2, 0.25) is 0 Å². The first-order valence-electron chi connectivity index (χ1n) is 9.21. The van der Waals surface area contributed by atoms with E-state index >= 15 is 0 Å². The third-order valence-corrected chi connectivity index (χ3v) is 4.78. The van der Waals surface area contributed by atoms with Gasteiger partial charge in [-0.25, -0.2) is 14.6 Å². The maximum Gasteiger partial charge on any atom is 0.229 e. The van der Waals surface area contributed by atoms with E-state index in [0.717, 1.165) is 42.4 Å². The van der Waals surface area contributed by atoms with Gasteiger partial charge in [-0.2, -0.15) is 10.1 Å². The van der Waals surface area contributed by atoms with Crippen molar-refractivity contribution in [2.45, 2.75) is 19.8 Å². The molecule has 0 spiro atoms. The van der Waals surface area contributed by atoms with E-state index in [-0.39, 0.29) is 11.8 Å². The number of nitrogens with zero attached hydrogens (tertiary/aromatic N) is 6. The van der Waals surface area contributed by atoms with Gasteiger partial charge in [0.2, 0.25) is 11.9 Å². The van der Waals surface area contributed by atoms with Crippen LogP contribution < -0.4 is 16.0 Å². The highest BCUT2D eigenvalue weighted by atomic mass is 16.1. The summed E-state index contributed by atoms with van der Waals surface area (Å²) in [6.07, 6.45) is 5.15. The van der Waals surface area contributed by atoms with Crippen molar-refractivity contribution in [1.82, 2.24) is 24.7 Å². The minimum atomic E-state index is -0.250. The summed E-state index contributed by atoms with van der Waals surface area (Å²) < 4.78 is 1.72. The molecule has 3 N–H and O–H groups in total. The molecule has 1 saturated heterocycles. The summed E-state index contributed by atoms with van der Waals surface area (Å²) >= 11 is 0.